The number of aryl methyl sites for hydroxylation is 1. The summed E-state index contributed by atoms with van der Waals surface area (Å²) in [5.41, 5.74) is 0.552. The zero-order valence-electron chi connectivity index (χ0n) is 12.2. The van der Waals surface area contributed by atoms with Gasteiger partial charge in [0.15, 0.2) is 0 Å². The molecule has 1 rings (SSSR count). The third-order valence-corrected chi connectivity index (χ3v) is 3.77. The highest BCUT2D eigenvalue weighted by atomic mass is 35.5. The topological polar surface area (TPSA) is 53.6 Å². The van der Waals surface area contributed by atoms with Gasteiger partial charge in [-0.3, -0.25) is 10.00 Å². The van der Waals surface area contributed by atoms with E-state index in [0.717, 1.165) is 31.5 Å². The van der Waals surface area contributed by atoms with E-state index in [1.54, 1.807) is 6.20 Å². The van der Waals surface area contributed by atoms with Crippen molar-refractivity contribution in [3.8, 4) is 6.07 Å². The minimum Gasteiger partial charge on any atom is -0.297 e. The SMILES string of the molecule is CCC(C#N)(CCCn1ncc(Cl)c1C)NC(C)C. The molecule has 4 nitrogen and oxygen atoms in total. The summed E-state index contributed by atoms with van der Waals surface area (Å²) in [5, 5.41) is 17.7. The van der Waals surface area contributed by atoms with Crippen molar-refractivity contribution in [2.75, 3.05) is 0 Å². The number of hydrogen-bond donors (Lipinski definition) is 1. The Morgan fingerprint density at radius 2 is 2.26 bits per heavy atom. The minimum absolute atomic E-state index is 0.306. The van der Waals surface area contributed by atoms with E-state index in [9.17, 15) is 5.26 Å². The summed E-state index contributed by atoms with van der Waals surface area (Å²) >= 11 is 5.97. The van der Waals surface area contributed by atoms with Crippen LogP contribution >= 0.6 is 11.6 Å². The molecule has 0 amide bonds. The number of rotatable bonds is 7. The second kappa shape index (κ2) is 6.93. The fourth-order valence-electron chi connectivity index (χ4n) is 2.25. The number of aromatic nitrogens is 2. The zero-order valence-corrected chi connectivity index (χ0v) is 13.0. The van der Waals surface area contributed by atoms with Crippen LogP contribution in [0.4, 0.5) is 0 Å². The second-order valence-electron chi connectivity index (χ2n) is 5.25. The van der Waals surface area contributed by atoms with Crippen LogP contribution in [0.2, 0.25) is 5.02 Å². The Labute approximate surface area is 120 Å². The molecule has 0 saturated heterocycles. The second-order valence-corrected chi connectivity index (χ2v) is 5.66. The van der Waals surface area contributed by atoms with Crippen LogP contribution in [0.3, 0.4) is 0 Å². The molecular formula is C14H23ClN4. The van der Waals surface area contributed by atoms with Crippen LogP contribution in [0.1, 0.15) is 45.7 Å². The maximum absolute atomic E-state index is 9.43. The highest BCUT2D eigenvalue weighted by Gasteiger charge is 2.27. The molecule has 19 heavy (non-hydrogen) atoms. The summed E-state index contributed by atoms with van der Waals surface area (Å²) in [6.07, 6.45) is 4.19. The number of nitrogens with one attached hydrogen (secondary N) is 1. The van der Waals surface area contributed by atoms with Crippen LogP contribution in [0.5, 0.6) is 0 Å². The minimum atomic E-state index is -0.432. The van der Waals surface area contributed by atoms with E-state index in [0.29, 0.717) is 11.1 Å². The zero-order chi connectivity index (χ0) is 14.5. The van der Waals surface area contributed by atoms with Gasteiger partial charge in [0.05, 0.1) is 23.0 Å². The van der Waals surface area contributed by atoms with Gasteiger partial charge in [-0.05, 0) is 40.0 Å². The molecule has 0 spiro atoms. The van der Waals surface area contributed by atoms with Crippen molar-refractivity contribution in [2.45, 2.75) is 65.1 Å². The first kappa shape index (κ1) is 16.0. The molecule has 1 N–H and O–H groups in total. The van der Waals surface area contributed by atoms with E-state index in [1.807, 2.05) is 11.6 Å². The van der Waals surface area contributed by atoms with Gasteiger partial charge >= 0.3 is 0 Å². The molecule has 0 aliphatic carbocycles. The number of hydrogen-bond acceptors (Lipinski definition) is 3. The maximum Gasteiger partial charge on any atom is 0.106 e. The van der Waals surface area contributed by atoms with Gasteiger partial charge < -0.3 is 0 Å². The van der Waals surface area contributed by atoms with Gasteiger partial charge in [0.2, 0.25) is 0 Å². The van der Waals surface area contributed by atoms with Crippen LogP contribution < -0.4 is 5.32 Å². The smallest absolute Gasteiger partial charge is 0.106 e. The van der Waals surface area contributed by atoms with Gasteiger partial charge in [-0.1, -0.05) is 18.5 Å². The monoisotopic (exact) mass is 282 g/mol. The van der Waals surface area contributed by atoms with E-state index in [-0.39, 0.29) is 0 Å². The molecule has 106 valence electrons. The number of halogens is 1. The van der Waals surface area contributed by atoms with Crippen molar-refractivity contribution < 1.29 is 0 Å². The van der Waals surface area contributed by atoms with Gasteiger partial charge in [0, 0.05) is 12.6 Å². The van der Waals surface area contributed by atoms with Gasteiger partial charge in [-0.15, -0.1) is 0 Å². The molecule has 1 unspecified atom stereocenters. The Morgan fingerprint density at radius 1 is 1.58 bits per heavy atom. The van der Waals surface area contributed by atoms with E-state index >= 15 is 0 Å². The van der Waals surface area contributed by atoms with Gasteiger partial charge in [-0.25, -0.2) is 0 Å². The fraction of sp³-hybridized carbons (Fsp3) is 0.714. The average Bonchev–Trinajstić information content (AvgIpc) is 2.69. The van der Waals surface area contributed by atoms with Crippen LogP contribution in [-0.4, -0.2) is 21.4 Å². The van der Waals surface area contributed by atoms with E-state index in [1.165, 1.54) is 0 Å². The van der Waals surface area contributed by atoms with Crippen molar-refractivity contribution in [3.63, 3.8) is 0 Å². The first-order valence-electron chi connectivity index (χ1n) is 6.81. The van der Waals surface area contributed by atoms with Crippen LogP contribution in [-0.2, 0) is 6.54 Å². The third kappa shape index (κ3) is 4.22. The largest absolute Gasteiger partial charge is 0.297 e. The molecule has 5 heteroatoms. The first-order valence-corrected chi connectivity index (χ1v) is 7.18. The quantitative estimate of drug-likeness (QED) is 0.835. The summed E-state index contributed by atoms with van der Waals surface area (Å²) in [4.78, 5) is 0. The van der Waals surface area contributed by atoms with Crippen molar-refractivity contribution in [2.24, 2.45) is 0 Å². The Balaban J connectivity index is 2.58. The van der Waals surface area contributed by atoms with Crippen molar-refractivity contribution in [1.29, 1.82) is 5.26 Å². The molecule has 1 atom stereocenters. The van der Waals surface area contributed by atoms with Gasteiger partial charge in [0.25, 0.3) is 0 Å². The highest BCUT2D eigenvalue weighted by molar-refractivity contribution is 6.31. The number of nitriles is 1. The lowest BCUT2D eigenvalue weighted by molar-refractivity contribution is 0.326. The van der Waals surface area contributed by atoms with E-state index in [4.69, 9.17) is 11.6 Å². The predicted molar refractivity (Wildman–Crippen MR) is 78.1 cm³/mol. The Hall–Kier alpha value is -1.05. The summed E-state index contributed by atoms with van der Waals surface area (Å²) in [6, 6.07) is 2.74. The molecule has 1 aromatic rings. The molecule has 1 heterocycles. The van der Waals surface area contributed by atoms with E-state index in [2.05, 4.69) is 37.3 Å². The summed E-state index contributed by atoms with van der Waals surface area (Å²) in [7, 11) is 0. The average molecular weight is 283 g/mol. The van der Waals surface area contributed by atoms with Gasteiger partial charge in [-0.2, -0.15) is 10.4 Å². The lowest BCUT2D eigenvalue weighted by atomic mass is 9.91. The maximum atomic E-state index is 9.43. The fourth-order valence-corrected chi connectivity index (χ4v) is 2.39. The first-order chi connectivity index (χ1) is 8.94. The molecule has 0 radical (unpaired) electrons. The molecule has 0 aromatic carbocycles. The highest BCUT2D eigenvalue weighted by Crippen LogP contribution is 2.19. The van der Waals surface area contributed by atoms with Crippen LogP contribution in [0.15, 0.2) is 6.20 Å². The summed E-state index contributed by atoms with van der Waals surface area (Å²) in [6.45, 7) is 8.94. The van der Waals surface area contributed by atoms with Crippen molar-refractivity contribution in [1.82, 2.24) is 15.1 Å². The molecular weight excluding hydrogens is 260 g/mol. The molecule has 0 saturated carbocycles. The molecule has 1 aromatic heterocycles. The summed E-state index contributed by atoms with van der Waals surface area (Å²) < 4.78 is 1.90. The third-order valence-electron chi connectivity index (χ3n) is 3.40. The normalized spacial score (nSPS) is 14.4. The Kier molecular flexibility index (Phi) is 5.84. The summed E-state index contributed by atoms with van der Waals surface area (Å²) in [5.74, 6) is 0. The molecule has 0 aliphatic rings. The lowest BCUT2D eigenvalue weighted by Gasteiger charge is -2.29. The lowest BCUT2D eigenvalue weighted by Crippen LogP contribution is -2.47. The van der Waals surface area contributed by atoms with Crippen molar-refractivity contribution >= 4 is 11.6 Å². The van der Waals surface area contributed by atoms with Crippen LogP contribution in [0, 0.1) is 18.3 Å². The Morgan fingerprint density at radius 3 is 2.68 bits per heavy atom. The Bertz CT molecular complexity index is 447. The van der Waals surface area contributed by atoms with Crippen molar-refractivity contribution in [3.05, 3.63) is 16.9 Å². The molecule has 0 bridgehead atoms. The van der Waals surface area contributed by atoms with Gasteiger partial charge in [0.1, 0.15) is 5.54 Å². The van der Waals surface area contributed by atoms with E-state index < -0.39 is 5.54 Å². The predicted octanol–water partition coefficient (Wildman–Crippen LogP) is 3.30. The standard InChI is InChI=1S/C14H23ClN4/c1-5-14(10-16,18-11(2)3)7-6-8-19-12(4)13(15)9-17-19/h9,11,18H,5-8H2,1-4H3. The van der Waals surface area contributed by atoms with Crippen LogP contribution in [0.25, 0.3) is 0 Å². The number of nitrogens with zero attached hydrogens (tertiary/aromatic N) is 3. The molecule has 0 fully saturated rings. The molecule has 0 aliphatic heterocycles.